The van der Waals surface area contributed by atoms with E-state index in [4.69, 9.17) is 23.2 Å². The maximum atomic E-state index is 12.4. The van der Waals surface area contributed by atoms with Crippen LogP contribution in [0, 0.1) is 12.8 Å². The summed E-state index contributed by atoms with van der Waals surface area (Å²) in [5.74, 6) is -0.0386. The average Bonchev–Trinajstić information content (AvgIpc) is 2.81. The van der Waals surface area contributed by atoms with Gasteiger partial charge in [0.25, 0.3) is 0 Å². The van der Waals surface area contributed by atoms with Crippen LogP contribution in [-0.2, 0) is 17.6 Å². The van der Waals surface area contributed by atoms with E-state index in [0.717, 1.165) is 30.0 Å². The van der Waals surface area contributed by atoms with E-state index in [1.807, 2.05) is 6.92 Å². The van der Waals surface area contributed by atoms with Gasteiger partial charge in [-0.25, -0.2) is 4.98 Å². The standard InChI is InChI=1S/C15H14Cl2N2OS/c1-8-18-12-5-2-9(6-14(12)21-8)15(20)19-13-7-10(16)3-4-11(13)17/h3-4,7,9H,2,5-6H2,1H3,(H,19,20). The minimum absolute atomic E-state index is 0.00382. The largest absolute Gasteiger partial charge is 0.324 e. The number of hydrogen-bond acceptors (Lipinski definition) is 3. The topological polar surface area (TPSA) is 42.0 Å². The predicted octanol–water partition coefficient (Wildman–Crippen LogP) is 4.50. The lowest BCUT2D eigenvalue weighted by molar-refractivity contribution is -0.120. The zero-order valence-corrected chi connectivity index (χ0v) is 13.8. The number of aryl methyl sites for hydroxylation is 2. The van der Waals surface area contributed by atoms with Crippen molar-refractivity contribution in [3.05, 3.63) is 43.8 Å². The van der Waals surface area contributed by atoms with Crippen LogP contribution in [0.5, 0.6) is 0 Å². The highest BCUT2D eigenvalue weighted by Crippen LogP contribution is 2.31. The fourth-order valence-electron chi connectivity index (χ4n) is 2.56. The molecule has 1 aromatic carbocycles. The summed E-state index contributed by atoms with van der Waals surface area (Å²) in [6.45, 7) is 2.00. The summed E-state index contributed by atoms with van der Waals surface area (Å²) in [6.07, 6.45) is 2.44. The number of benzene rings is 1. The van der Waals surface area contributed by atoms with Crippen molar-refractivity contribution in [1.82, 2.24) is 4.98 Å². The van der Waals surface area contributed by atoms with Crippen molar-refractivity contribution < 1.29 is 4.79 Å². The number of anilines is 1. The molecule has 1 unspecified atom stereocenters. The second kappa shape index (κ2) is 5.95. The van der Waals surface area contributed by atoms with Crippen molar-refractivity contribution in [2.75, 3.05) is 5.32 Å². The fourth-order valence-corrected chi connectivity index (χ4v) is 3.96. The molecule has 1 heterocycles. The molecule has 3 rings (SSSR count). The Morgan fingerprint density at radius 2 is 2.24 bits per heavy atom. The van der Waals surface area contributed by atoms with E-state index in [-0.39, 0.29) is 11.8 Å². The molecule has 0 aliphatic heterocycles. The SMILES string of the molecule is Cc1nc2c(s1)CC(C(=O)Nc1cc(Cl)ccc1Cl)CC2. The smallest absolute Gasteiger partial charge is 0.227 e. The molecule has 0 bridgehead atoms. The quantitative estimate of drug-likeness (QED) is 0.874. The molecule has 1 aliphatic rings. The van der Waals surface area contributed by atoms with E-state index in [9.17, 15) is 4.79 Å². The molecule has 2 aromatic rings. The lowest BCUT2D eigenvalue weighted by atomic mass is 9.90. The highest BCUT2D eigenvalue weighted by molar-refractivity contribution is 7.11. The lowest BCUT2D eigenvalue weighted by Gasteiger charge is -2.20. The number of halogens is 2. The summed E-state index contributed by atoms with van der Waals surface area (Å²) in [5, 5.41) is 5.01. The van der Waals surface area contributed by atoms with Crippen molar-refractivity contribution >= 4 is 46.1 Å². The van der Waals surface area contributed by atoms with Crippen LogP contribution in [0.2, 0.25) is 10.0 Å². The molecule has 1 atom stereocenters. The van der Waals surface area contributed by atoms with Gasteiger partial charge in [-0.2, -0.15) is 0 Å². The number of nitrogens with zero attached hydrogens (tertiary/aromatic N) is 1. The van der Waals surface area contributed by atoms with Gasteiger partial charge in [0.15, 0.2) is 0 Å². The Balaban J connectivity index is 1.73. The number of carbonyl (C=O) groups excluding carboxylic acids is 1. The number of amides is 1. The van der Waals surface area contributed by atoms with Crippen molar-refractivity contribution in [2.24, 2.45) is 5.92 Å². The van der Waals surface area contributed by atoms with Crippen LogP contribution in [0.25, 0.3) is 0 Å². The van der Waals surface area contributed by atoms with Gasteiger partial charge in [-0.1, -0.05) is 23.2 Å². The zero-order valence-electron chi connectivity index (χ0n) is 11.5. The minimum Gasteiger partial charge on any atom is -0.324 e. The summed E-state index contributed by atoms with van der Waals surface area (Å²) >= 11 is 13.7. The molecule has 0 fully saturated rings. The van der Waals surface area contributed by atoms with Gasteiger partial charge in [0.05, 0.1) is 21.4 Å². The number of aromatic nitrogens is 1. The van der Waals surface area contributed by atoms with E-state index >= 15 is 0 Å². The van der Waals surface area contributed by atoms with Crippen LogP contribution in [0.4, 0.5) is 5.69 Å². The Bertz CT molecular complexity index is 699. The maximum absolute atomic E-state index is 12.4. The van der Waals surface area contributed by atoms with Gasteiger partial charge in [-0.3, -0.25) is 4.79 Å². The Kier molecular flexibility index (Phi) is 4.20. The molecular formula is C15H14Cl2N2OS. The molecule has 0 spiro atoms. The number of thiazole rings is 1. The first-order valence-corrected chi connectivity index (χ1v) is 8.31. The number of hydrogen-bond donors (Lipinski definition) is 1. The average molecular weight is 341 g/mol. The molecule has 21 heavy (non-hydrogen) atoms. The first-order chi connectivity index (χ1) is 10.0. The zero-order chi connectivity index (χ0) is 15.0. The summed E-state index contributed by atoms with van der Waals surface area (Å²) in [5.41, 5.74) is 1.72. The molecule has 0 saturated heterocycles. The highest BCUT2D eigenvalue weighted by atomic mass is 35.5. The van der Waals surface area contributed by atoms with Gasteiger partial charge in [-0.05, 0) is 44.4 Å². The monoisotopic (exact) mass is 340 g/mol. The predicted molar refractivity (Wildman–Crippen MR) is 87.5 cm³/mol. The van der Waals surface area contributed by atoms with Gasteiger partial charge < -0.3 is 5.32 Å². The summed E-state index contributed by atoms with van der Waals surface area (Å²) < 4.78 is 0. The van der Waals surface area contributed by atoms with Crippen molar-refractivity contribution in [1.29, 1.82) is 0 Å². The van der Waals surface area contributed by atoms with Crippen LogP contribution in [0.3, 0.4) is 0 Å². The van der Waals surface area contributed by atoms with Crippen LogP contribution < -0.4 is 5.32 Å². The van der Waals surface area contributed by atoms with E-state index < -0.39 is 0 Å². The van der Waals surface area contributed by atoms with Crippen LogP contribution in [-0.4, -0.2) is 10.9 Å². The first-order valence-electron chi connectivity index (χ1n) is 6.74. The minimum atomic E-state index is -0.0348. The number of nitrogens with one attached hydrogen (secondary N) is 1. The first kappa shape index (κ1) is 14.8. The second-order valence-corrected chi connectivity index (χ2v) is 7.29. The normalized spacial score (nSPS) is 17.4. The maximum Gasteiger partial charge on any atom is 0.227 e. The Hall–Kier alpha value is -1.10. The van der Waals surface area contributed by atoms with Gasteiger partial charge in [0.2, 0.25) is 5.91 Å². The number of carbonyl (C=O) groups is 1. The summed E-state index contributed by atoms with van der Waals surface area (Å²) in [7, 11) is 0. The molecule has 110 valence electrons. The van der Waals surface area contributed by atoms with E-state index in [1.54, 1.807) is 29.5 Å². The molecule has 1 amide bonds. The Labute approximate surface area is 137 Å². The summed E-state index contributed by atoms with van der Waals surface area (Å²) in [6, 6.07) is 5.06. The van der Waals surface area contributed by atoms with Gasteiger partial charge in [-0.15, -0.1) is 11.3 Å². The fraction of sp³-hybridized carbons (Fsp3) is 0.333. The lowest BCUT2D eigenvalue weighted by Crippen LogP contribution is -2.27. The van der Waals surface area contributed by atoms with E-state index in [1.165, 1.54) is 4.88 Å². The third kappa shape index (κ3) is 3.23. The molecule has 1 N–H and O–H groups in total. The van der Waals surface area contributed by atoms with Gasteiger partial charge in [0.1, 0.15) is 0 Å². The molecule has 1 aromatic heterocycles. The van der Waals surface area contributed by atoms with Crippen molar-refractivity contribution in [3.63, 3.8) is 0 Å². The van der Waals surface area contributed by atoms with E-state index in [2.05, 4.69) is 10.3 Å². The van der Waals surface area contributed by atoms with Gasteiger partial charge >= 0.3 is 0 Å². The molecule has 0 radical (unpaired) electrons. The van der Waals surface area contributed by atoms with Crippen molar-refractivity contribution in [3.8, 4) is 0 Å². The van der Waals surface area contributed by atoms with Crippen LogP contribution >= 0.6 is 34.5 Å². The number of fused-ring (bicyclic) bond motifs is 1. The Morgan fingerprint density at radius 3 is 3.05 bits per heavy atom. The van der Waals surface area contributed by atoms with Crippen molar-refractivity contribution in [2.45, 2.75) is 26.2 Å². The molecule has 1 aliphatic carbocycles. The molecule has 3 nitrogen and oxygen atoms in total. The van der Waals surface area contributed by atoms with Crippen LogP contribution in [0.15, 0.2) is 18.2 Å². The second-order valence-electron chi connectivity index (χ2n) is 5.16. The van der Waals surface area contributed by atoms with E-state index in [0.29, 0.717) is 15.7 Å². The van der Waals surface area contributed by atoms with Gasteiger partial charge in [0, 0.05) is 15.8 Å². The third-order valence-electron chi connectivity index (χ3n) is 3.60. The van der Waals surface area contributed by atoms with Crippen LogP contribution in [0.1, 0.15) is 22.0 Å². The number of rotatable bonds is 2. The summed E-state index contributed by atoms with van der Waals surface area (Å²) in [4.78, 5) is 18.2. The molecule has 6 heteroatoms. The molecule has 0 saturated carbocycles. The third-order valence-corrected chi connectivity index (χ3v) is 5.20. The Morgan fingerprint density at radius 1 is 1.43 bits per heavy atom. The molecular weight excluding hydrogens is 327 g/mol. The highest BCUT2D eigenvalue weighted by Gasteiger charge is 2.27.